The van der Waals surface area contributed by atoms with Crippen molar-refractivity contribution < 1.29 is 22.7 Å². The van der Waals surface area contributed by atoms with Crippen molar-refractivity contribution in [3.63, 3.8) is 0 Å². The topological polar surface area (TPSA) is 105 Å². The number of anilines is 1. The summed E-state index contributed by atoms with van der Waals surface area (Å²) in [5.74, 6) is 0.311. The van der Waals surface area contributed by atoms with Gasteiger partial charge in [-0.1, -0.05) is 49.7 Å². The average Bonchev–Trinajstić information content (AvgIpc) is 2.93. The lowest BCUT2D eigenvalue weighted by Crippen LogP contribution is -2.50. The van der Waals surface area contributed by atoms with Crippen molar-refractivity contribution in [3.05, 3.63) is 84.4 Å². The fraction of sp³-hybridized carbons (Fsp3) is 0.333. The first-order valence-corrected chi connectivity index (χ1v) is 14.6. The molecule has 0 saturated carbocycles. The van der Waals surface area contributed by atoms with E-state index in [-0.39, 0.29) is 41.6 Å². The smallest absolute Gasteiger partial charge is 0.247 e. The second-order valence-electron chi connectivity index (χ2n) is 10.2. The van der Waals surface area contributed by atoms with Crippen molar-refractivity contribution >= 4 is 27.5 Å². The van der Waals surface area contributed by atoms with Gasteiger partial charge in [-0.05, 0) is 74.2 Å². The zero-order valence-corrected chi connectivity index (χ0v) is 23.3. The van der Waals surface area contributed by atoms with Gasteiger partial charge in [0.25, 0.3) is 0 Å². The molecular formula is C30H35N3O5S. The largest absolute Gasteiger partial charge is 0.457 e. The highest BCUT2D eigenvalue weighted by atomic mass is 32.2. The second kappa shape index (κ2) is 12.4. The number of benzene rings is 3. The zero-order chi connectivity index (χ0) is 28.0. The lowest BCUT2D eigenvalue weighted by molar-refractivity contribution is -0.130. The Hall–Kier alpha value is -3.69. The Bertz CT molecular complexity index is 1370. The minimum atomic E-state index is -3.60. The SMILES string of the molecule is Cc1ccc(S(=O)(=O)N2CCC(C(=O)NC(C(=O)Nc3ccc(Oc4ccccc4)cc3)C(C)C)CC2)cc1. The van der Waals surface area contributed by atoms with Crippen LogP contribution in [0.3, 0.4) is 0 Å². The van der Waals surface area contributed by atoms with Crippen LogP contribution in [0.25, 0.3) is 0 Å². The molecule has 0 aromatic heterocycles. The molecular weight excluding hydrogens is 514 g/mol. The Morgan fingerprint density at radius 1 is 0.872 bits per heavy atom. The van der Waals surface area contributed by atoms with Crippen molar-refractivity contribution in [2.45, 2.75) is 44.6 Å². The molecule has 1 heterocycles. The molecule has 0 aliphatic carbocycles. The summed E-state index contributed by atoms with van der Waals surface area (Å²) < 4.78 is 33.2. The summed E-state index contributed by atoms with van der Waals surface area (Å²) in [6.45, 7) is 6.16. The molecule has 2 N–H and O–H groups in total. The van der Waals surface area contributed by atoms with Crippen molar-refractivity contribution in [1.29, 1.82) is 0 Å². The van der Waals surface area contributed by atoms with E-state index >= 15 is 0 Å². The van der Waals surface area contributed by atoms with Gasteiger partial charge in [0, 0.05) is 24.7 Å². The van der Waals surface area contributed by atoms with Gasteiger partial charge in [-0.2, -0.15) is 4.31 Å². The second-order valence-corrected chi connectivity index (χ2v) is 12.1. The molecule has 0 bridgehead atoms. The molecule has 9 heteroatoms. The molecule has 1 atom stereocenters. The van der Waals surface area contributed by atoms with Crippen LogP contribution in [-0.4, -0.2) is 43.7 Å². The van der Waals surface area contributed by atoms with Crippen LogP contribution in [0.15, 0.2) is 83.8 Å². The Labute approximate surface area is 230 Å². The van der Waals surface area contributed by atoms with Crippen molar-refractivity contribution in [3.8, 4) is 11.5 Å². The highest BCUT2D eigenvalue weighted by Crippen LogP contribution is 2.25. The normalized spacial score (nSPS) is 15.5. The molecule has 3 aromatic carbocycles. The van der Waals surface area contributed by atoms with E-state index in [1.165, 1.54) is 4.31 Å². The van der Waals surface area contributed by atoms with Crippen LogP contribution in [-0.2, 0) is 19.6 Å². The van der Waals surface area contributed by atoms with Gasteiger partial charge >= 0.3 is 0 Å². The molecule has 4 rings (SSSR count). The van der Waals surface area contributed by atoms with Crippen LogP contribution in [0.4, 0.5) is 5.69 Å². The fourth-order valence-corrected chi connectivity index (χ4v) is 5.94. The number of para-hydroxylation sites is 1. The molecule has 8 nitrogen and oxygen atoms in total. The molecule has 1 aliphatic rings. The number of ether oxygens (including phenoxy) is 1. The van der Waals surface area contributed by atoms with Crippen LogP contribution in [0, 0.1) is 18.8 Å². The van der Waals surface area contributed by atoms with Gasteiger partial charge in [0.15, 0.2) is 0 Å². The first kappa shape index (κ1) is 28.3. The summed E-state index contributed by atoms with van der Waals surface area (Å²) in [6.07, 6.45) is 0.790. The molecule has 1 fully saturated rings. The Balaban J connectivity index is 1.31. The zero-order valence-electron chi connectivity index (χ0n) is 22.5. The van der Waals surface area contributed by atoms with E-state index in [1.807, 2.05) is 51.1 Å². The molecule has 0 radical (unpaired) electrons. The predicted molar refractivity (Wildman–Crippen MR) is 151 cm³/mol. The summed E-state index contributed by atoms with van der Waals surface area (Å²) in [4.78, 5) is 26.4. The van der Waals surface area contributed by atoms with Gasteiger partial charge in [0.1, 0.15) is 17.5 Å². The van der Waals surface area contributed by atoms with Gasteiger partial charge in [0.05, 0.1) is 4.90 Å². The van der Waals surface area contributed by atoms with Gasteiger partial charge in [-0.25, -0.2) is 8.42 Å². The van der Waals surface area contributed by atoms with Gasteiger partial charge in [-0.15, -0.1) is 0 Å². The van der Waals surface area contributed by atoms with Gasteiger partial charge < -0.3 is 15.4 Å². The van der Waals surface area contributed by atoms with E-state index in [1.54, 1.807) is 48.5 Å². The first-order valence-electron chi connectivity index (χ1n) is 13.1. The third kappa shape index (κ3) is 7.25. The number of nitrogens with zero attached hydrogens (tertiary/aromatic N) is 1. The average molecular weight is 550 g/mol. The lowest BCUT2D eigenvalue weighted by Gasteiger charge is -2.32. The number of amides is 2. The molecule has 1 unspecified atom stereocenters. The summed E-state index contributed by atoms with van der Waals surface area (Å²) >= 11 is 0. The van der Waals surface area contributed by atoms with E-state index in [4.69, 9.17) is 4.74 Å². The number of piperidine rings is 1. The van der Waals surface area contributed by atoms with Crippen molar-refractivity contribution in [2.24, 2.45) is 11.8 Å². The van der Waals surface area contributed by atoms with E-state index < -0.39 is 16.1 Å². The third-order valence-electron chi connectivity index (χ3n) is 6.83. The van der Waals surface area contributed by atoms with Crippen molar-refractivity contribution in [1.82, 2.24) is 9.62 Å². The highest BCUT2D eigenvalue weighted by Gasteiger charge is 2.34. The number of carbonyl (C=O) groups is 2. The van der Waals surface area contributed by atoms with Crippen LogP contribution < -0.4 is 15.4 Å². The maximum Gasteiger partial charge on any atom is 0.247 e. The predicted octanol–water partition coefficient (Wildman–Crippen LogP) is 4.97. The molecule has 39 heavy (non-hydrogen) atoms. The van der Waals surface area contributed by atoms with E-state index in [2.05, 4.69) is 10.6 Å². The lowest BCUT2D eigenvalue weighted by atomic mass is 9.95. The summed E-state index contributed by atoms with van der Waals surface area (Å²) in [7, 11) is -3.60. The molecule has 206 valence electrons. The Morgan fingerprint density at radius 2 is 1.46 bits per heavy atom. The molecule has 1 aliphatic heterocycles. The van der Waals surface area contributed by atoms with Crippen LogP contribution >= 0.6 is 0 Å². The van der Waals surface area contributed by atoms with Crippen molar-refractivity contribution in [2.75, 3.05) is 18.4 Å². The number of carbonyl (C=O) groups excluding carboxylic acids is 2. The van der Waals surface area contributed by atoms with Gasteiger partial charge in [-0.3, -0.25) is 9.59 Å². The maximum absolute atomic E-state index is 13.1. The summed E-state index contributed by atoms with van der Waals surface area (Å²) in [5, 5.41) is 5.77. The number of rotatable bonds is 9. The van der Waals surface area contributed by atoms with Crippen LogP contribution in [0.5, 0.6) is 11.5 Å². The first-order chi connectivity index (χ1) is 18.6. The molecule has 1 saturated heterocycles. The number of sulfonamides is 1. The number of nitrogens with one attached hydrogen (secondary N) is 2. The molecule has 3 aromatic rings. The highest BCUT2D eigenvalue weighted by molar-refractivity contribution is 7.89. The van der Waals surface area contributed by atoms with Gasteiger partial charge in [0.2, 0.25) is 21.8 Å². The standard InChI is InChI=1S/C30H35N3O5S/c1-21(2)28(30(35)31-24-11-13-26(14-12-24)38-25-7-5-4-6-8-25)32-29(34)23-17-19-33(20-18-23)39(36,37)27-15-9-22(3)10-16-27/h4-16,21,23,28H,17-20H2,1-3H3,(H,31,35)(H,32,34). The number of hydrogen-bond acceptors (Lipinski definition) is 5. The Morgan fingerprint density at radius 3 is 2.05 bits per heavy atom. The van der Waals surface area contributed by atoms with E-state index in [0.29, 0.717) is 24.3 Å². The summed E-state index contributed by atoms with van der Waals surface area (Å²) in [5.41, 5.74) is 1.58. The number of hydrogen-bond donors (Lipinski definition) is 2. The maximum atomic E-state index is 13.1. The van der Waals surface area contributed by atoms with E-state index in [9.17, 15) is 18.0 Å². The third-order valence-corrected chi connectivity index (χ3v) is 8.74. The quantitative estimate of drug-likeness (QED) is 0.392. The minimum absolute atomic E-state index is 0.142. The molecule has 2 amide bonds. The monoisotopic (exact) mass is 549 g/mol. The summed E-state index contributed by atoms with van der Waals surface area (Å²) in [6, 6.07) is 22.5. The fourth-order valence-electron chi connectivity index (χ4n) is 4.47. The van der Waals surface area contributed by atoms with Crippen LogP contribution in [0.2, 0.25) is 0 Å². The Kier molecular flexibility index (Phi) is 9.04. The molecule has 0 spiro atoms. The minimum Gasteiger partial charge on any atom is -0.457 e. The van der Waals surface area contributed by atoms with Crippen LogP contribution in [0.1, 0.15) is 32.3 Å². The van der Waals surface area contributed by atoms with E-state index in [0.717, 1.165) is 11.3 Å². The number of aryl methyl sites for hydroxylation is 1.